The van der Waals surface area contributed by atoms with Gasteiger partial charge in [-0.15, -0.1) is 0 Å². The van der Waals surface area contributed by atoms with Gasteiger partial charge in [0.2, 0.25) is 0 Å². The third kappa shape index (κ3) is 2.67. The van der Waals surface area contributed by atoms with Gasteiger partial charge >= 0.3 is 0 Å². The summed E-state index contributed by atoms with van der Waals surface area (Å²) in [5.41, 5.74) is 0. The average Bonchev–Trinajstić information content (AvgIpc) is 2.03. The summed E-state index contributed by atoms with van der Waals surface area (Å²) in [6, 6.07) is 0. The smallest absolute Gasteiger partial charge is 0.0576 e. The van der Waals surface area contributed by atoms with E-state index in [4.69, 9.17) is 9.84 Å². The summed E-state index contributed by atoms with van der Waals surface area (Å²) in [5.74, 6) is 0. The van der Waals surface area contributed by atoms with Crippen molar-refractivity contribution in [3.05, 3.63) is 0 Å². The molecule has 60 valence electrons. The molecule has 1 N–H and O–H groups in total. The van der Waals surface area contributed by atoms with Gasteiger partial charge in [-0.05, 0) is 32.1 Å². The highest BCUT2D eigenvalue weighted by molar-refractivity contribution is 4.62. The molecule has 1 aliphatic rings. The molecule has 0 aromatic rings. The Morgan fingerprint density at radius 3 is 2.90 bits per heavy atom. The molecule has 1 fully saturated rings. The number of aliphatic hydroxyl groups is 1. The topological polar surface area (TPSA) is 29.5 Å². The van der Waals surface area contributed by atoms with Crippen LogP contribution in [0, 0.1) is 0 Å². The maximum Gasteiger partial charge on any atom is 0.0576 e. The van der Waals surface area contributed by atoms with Gasteiger partial charge in [0, 0.05) is 13.2 Å². The van der Waals surface area contributed by atoms with Crippen molar-refractivity contribution in [2.45, 2.75) is 38.2 Å². The second-order valence-corrected chi connectivity index (χ2v) is 2.85. The molecule has 0 aliphatic carbocycles. The number of hydrogen-bond donors (Lipinski definition) is 1. The third-order valence-electron chi connectivity index (χ3n) is 1.96. The van der Waals surface area contributed by atoms with Crippen LogP contribution in [-0.2, 0) is 4.74 Å². The molecule has 0 bridgehead atoms. The standard InChI is InChI=1S/C8H16O2/c9-6-3-5-8-4-1-2-7-10-8/h8-9H,1-7H2/t8-/m0/s1. The highest BCUT2D eigenvalue weighted by Gasteiger charge is 2.12. The SMILES string of the molecule is OCCC[C@@H]1CCCCO1. The first-order chi connectivity index (χ1) is 4.93. The Labute approximate surface area is 62.2 Å². The van der Waals surface area contributed by atoms with Crippen LogP contribution in [0.2, 0.25) is 0 Å². The van der Waals surface area contributed by atoms with Crippen LogP contribution in [0.5, 0.6) is 0 Å². The lowest BCUT2D eigenvalue weighted by Crippen LogP contribution is -2.18. The molecule has 0 aromatic heterocycles. The molecule has 2 nitrogen and oxygen atoms in total. The molecule has 0 unspecified atom stereocenters. The summed E-state index contributed by atoms with van der Waals surface area (Å²) in [6.07, 6.45) is 6.09. The van der Waals surface area contributed by atoms with E-state index in [2.05, 4.69) is 0 Å². The molecule has 1 rings (SSSR count). The van der Waals surface area contributed by atoms with Gasteiger partial charge in [0.25, 0.3) is 0 Å². The summed E-state index contributed by atoms with van der Waals surface area (Å²) in [6.45, 7) is 1.23. The Bertz CT molecular complexity index is 77.3. The monoisotopic (exact) mass is 144 g/mol. The molecule has 1 atom stereocenters. The second-order valence-electron chi connectivity index (χ2n) is 2.85. The van der Waals surface area contributed by atoms with Crippen LogP contribution in [0.25, 0.3) is 0 Å². The molecule has 2 heteroatoms. The quantitative estimate of drug-likeness (QED) is 0.647. The molecular formula is C8H16O2. The first kappa shape index (κ1) is 8.02. The highest BCUT2D eigenvalue weighted by Crippen LogP contribution is 2.16. The van der Waals surface area contributed by atoms with E-state index in [1.807, 2.05) is 0 Å². The van der Waals surface area contributed by atoms with Gasteiger partial charge in [0.1, 0.15) is 0 Å². The molecular weight excluding hydrogens is 128 g/mol. The molecule has 0 saturated carbocycles. The van der Waals surface area contributed by atoms with E-state index >= 15 is 0 Å². The largest absolute Gasteiger partial charge is 0.396 e. The van der Waals surface area contributed by atoms with Gasteiger partial charge < -0.3 is 9.84 Å². The lowest BCUT2D eigenvalue weighted by molar-refractivity contribution is 0.00770. The van der Waals surface area contributed by atoms with E-state index in [-0.39, 0.29) is 0 Å². The molecule has 0 amide bonds. The van der Waals surface area contributed by atoms with Crippen molar-refractivity contribution in [2.75, 3.05) is 13.2 Å². The van der Waals surface area contributed by atoms with Gasteiger partial charge in [0.15, 0.2) is 0 Å². The van der Waals surface area contributed by atoms with Crippen LogP contribution in [0.3, 0.4) is 0 Å². The predicted molar refractivity (Wildman–Crippen MR) is 39.9 cm³/mol. The van der Waals surface area contributed by atoms with E-state index < -0.39 is 0 Å². The minimum absolute atomic E-state index is 0.305. The Hall–Kier alpha value is -0.0800. The second kappa shape index (κ2) is 4.69. The summed E-state index contributed by atoms with van der Waals surface area (Å²) >= 11 is 0. The maximum atomic E-state index is 8.54. The zero-order valence-electron chi connectivity index (χ0n) is 6.38. The minimum atomic E-state index is 0.305. The maximum absolute atomic E-state index is 8.54. The van der Waals surface area contributed by atoms with Crippen LogP contribution in [0.1, 0.15) is 32.1 Å². The van der Waals surface area contributed by atoms with Crippen molar-refractivity contribution in [1.29, 1.82) is 0 Å². The van der Waals surface area contributed by atoms with Crippen LogP contribution in [-0.4, -0.2) is 24.4 Å². The van der Waals surface area contributed by atoms with Gasteiger partial charge in [-0.2, -0.15) is 0 Å². The summed E-state index contributed by atoms with van der Waals surface area (Å²) in [4.78, 5) is 0. The van der Waals surface area contributed by atoms with Gasteiger partial charge in [-0.25, -0.2) is 0 Å². The van der Waals surface area contributed by atoms with Crippen LogP contribution >= 0.6 is 0 Å². The number of hydrogen-bond acceptors (Lipinski definition) is 2. The van der Waals surface area contributed by atoms with E-state index in [1.165, 1.54) is 19.3 Å². The van der Waals surface area contributed by atoms with Gasteiger partial charge in [-0.3, -0.25) is 0 Å². The third-order valence-corrected chi connectivity index (χ3v) is 1.96. The van der Waals surface area contributed by atoms with E-state index in [1.54, 1.807) is 0 Å². The van der Waals surface area contributed by atoms with Crippen molar-refractivity contribution in [3.63, 3.8) is 0 Å². The highest BCUT2D eigenvalue weighted by atomic mass is 16.5. The molecule has 0 spiro atoms. The zero-order chi connectivity index (χ0) is 7.23. The average molecular weight is 144 g/mol. The van der Waals surface area contributed by atoms with Gasteiger partial charge in [-0.1, -0.05) is 0 Å². The molecule has 0 radical (unpaired) electrons. The predicted octanol–water partition coefficient (Wildman–Crippen LogP) is 1.33. The van der Waals surface area contributed by atoms with Crippen LogP contribution in [0.15, 0.2) is 0 Å². The summed E-state index contributed by atoms with van der Waals surface area (Å²) in [7, 11) is 0. The van der Waals surface area contributed by atoms with E-state index in [9.17, 15) is 0 Å². The van der Waals surface area contributed by atoms with Crippen molar-refractivity contribution in [3.8, 4) is 0 Å². The fourth-order valence-corrected chi connectivity index (χ4v) is 1.35. The lowest BCUT2D eigenvalue weighted by Gasteiger charge is -2.21. The van der Waals surface area contributed by atoms with Gasteiger partial charge in [0.05, 0.1) is 6.10 Å². The molecule has 1 saturated heterocycles. The Morgan fingerprint density at radius 1 is 1.40 bits per heavy atom. The van der Waals surface area contributed by atoms with E-state index in [0.717, 1.165) is 19.4 Å². The lowest BCUT2D eigenvalue weighted by atomic mass is 10.1. The normalized spacial score (nSPS) is 26.7. The summed E-state index contributed by atoms with van der Waals surface area (Å²) < 4.78 is 5.47. The summed E-state index contributed by atoms with van der Waals surface area (Å²) in [5, 5.41) is 8.54. The molecule has 0 aromatic carbocycles. The van der Waals surface area contributed by atoms with Crippen molar-refractivity contribution >= 4 is 0 Å². The van der Waals surface area contributed by atoms with Crippen molar-refractivity contribution < 1.29 is 9.84 Å². The van der Waals surface area contributed by atoms with Crippen molar-refractivity contribution in [2.24, 2.45) is 0 Å². The molecule has 1 aliphatic heterocycles. The Kier molecular flexibility index (Phi) is 3.76. The number of aliphatic hydroxyl groups excluding tert-OH is 1. The van der Waals surface area contributed by atoms with Crippen LogP contribution < -0.4 is 0 Å². The number of rotatable bonds is 3. The van der Waals surface area contributed by atoms with E-state index in [0.29, 0.717) is 12.7 Å². The minimum Gasteiger partial charge on any atom is -0.396 e. The fourth-order valence-electron chi connectivity index (χ4n) is 1.35. The zero-order valence-corrected chi connectivity index (χ0v) is 6.38. The van der Waals surface area contributed by atoms with Crippen molar-refractivity contribution in [1.82, 2.24) is 0 Å². The van der Waals surface area contributed by atoms with Crippen LogP contribution in [0.4, 0.5) is 0 Å². The fraction of sp³-hybridized carbons (Fsp3) is 1.00. The first-order valence-corrected chi connectivity index (χ1v) is 4.16. The number of ether oxygens (including phenoxy) is 1. The Morgan fingerprint density at radius 2 is 2.30 bits per heavy atom. The molecule has 10 heavy (non-hydrogen) atoms. The molecule has 1 heterocycles. The Balaban J connectivity index is 2.02. The first-order valence-electron chi connectivity index (χ1n) is 4.16.